The molecule has 4 rings (SSSR count). The van der Waals surface area contributed by atoms with Crippen LogP contribution in [-0.4, -0.2) is 41.8 Å². The SMILES string of the molecule is Cc1cccc(C)c1N1C(=O)CC(N2CCC(C(=O)Nc3ccccc3)CC2)C1=O. The van der Waals surface area contributed by atoms with Gasteiger partial charge in [0.25, 0.3) is 5.91 Å². The number of rotatable bonds is 4. The lowest BCUT2D eigenvalue weighted by Gasteiger charge is -2.34. The van der Waals surface area contributed by atoms with Gasteiger partial charge in [0.05, 0.1) is 18.2 Å². The molecule has 0 aliphatic carbocycles. The molecule has 2 aliphatic heterocycles. The molecule has 156 valence electrons. The van der Waals surface area contributed by atoms with E-state index in [9.17, 15) is 14.4 Å². The lowest BCUT2D eigenvalue weighted by Crippen LogP contribution is -2.47. The first-order valence-corrected chi connectivity index (χ1v) is 10.5. The van der Waals surface area contributed by atoms with E-state index < -0.39 is 6.04 Å². The summed E-state index contributed by atoms with van der Waals surface area (Å²) < 4.78 is 0. The molecule has 6 nitrogen and oxygen atoms in total. The van der Waals surface area contributed by atoms with Gasteiger partial charge in [0.1, 0.15) is 0 Å². The average Bonchev–Trinajstić information content (AvgIpc) is 3.03. The molecule has 2 aromatic carbocycles. The predicted octanol–water partition coefficient (Wildman–Crippen LogP) is 3.29. The summed E-state index contributed by atoms with van der Waals surface area (Å²) in [5.74, 6) is -0.355. The number of hydrogen-bond donors (Lipinski definition) is 1. The van der Waals surface area contributed by atoms with Crippen molar-refractivity contribution in [3.63, 3.8) is 0 Å². The number of carbonyl (C=O) groups is 3. The molecule has 2 heterocycles. The number of piperidine rings is 1. The third kappa shape index (κ3) is 3.87. The molecule has 1 atom stereocenters. The van der Waals surface area contributed by atoms with E-state index in [1.807, 2.05) is 62.4 Å². The number of benzene rings is 2. The molecule has 0 aromatic heterocycles. The van der Waals surface area contributed by atoms with E-state index in [4.69, 9.17) is 0 Å². The van der Waals surface area contributed by atoms with Crippen molar-refractivity contribution in [2.24, 2.45) is 5.92 Å². The Morgan fingerprint density at radius 2 is 1.57 bits per heavy atom. The minimum absolute atomic E-state index is 0.0202. The first-order chi connectivity index (χ1) is 14.5. The monoisotopic (exact) mass is 405 g/mol. The molecule has 0 spiro atoms. The van der Waals surface area contributed by atoms with Crippen molar-refractivity contribution in [2.75, 3.05) is 23.3 Å². The summed E-state index contributed by atoms with van der Waals surface area (Å²) in [6.45, 7) is 5.12. The van der Waals surface area contributed by atoms with Gasteiger partial charge in [-0.1, -0.05) is 36.4 Å². The fraction of sp³-hybridized carbons (Fsp3) is 0.375. The molecular formula is C24H27N3O3. The second kappa shape index (κ2) is 8.40. The molecule has 1 N–H and O–H groups in total. The summed E-state index contributed by atoms with van der Waals surface area (Å²) in [5, 5.41) is 2.97. The predicted molar refractivity (Wildman–Crippen MR) is 116 cm³/mol. The van der Waals surface area contributed by atoms with Crippen LogP contribution in [0.2, 0.25) is 0 Å². The number of anilines is 2. The van der Waals surface area contributed by atoms with Crippen molar-refractivity contribution in [3.05, 3.63) is 59.7 Å². The van der Waals surface area contributed by atoms with Crippen molar-refractivity contribution in [1.82, 2.24) is 4.90 Å². The number of aryl methyl sites for hydroxylation is 2. The van der Waals surface area contributed by atoms with E-state index in [1.54, 1.807) is 0 Å². The third-order valence-electron chi connectivity index (χ3n) is 6.17. The number of nitrogens with zero attached hydrogens (tertiary/aromatic N) is 2. The molecule has 30 heavy (non-hydrogen) atoms. The van der Waals surface area contributed by atoms with E-state index in [1.165, 1.54) is 4.90 Å². The number of likely N-dealkylation sites (tertiary alicyclic amines) is 1. The molecular weight excluding hydrogens is 378 g/mol. The Kier molecular flexibility index (Phi) is 5.68. The maximum Gasteiger partial charge on any atom is 0.251 e. The number of amides is 3. The maximum absolute atomic E-state index is 13.2. The summed E-state index contributed by atoms with van der Waals surface area (Å²) in [4.78, 5) is 41.9. The second-order valence-corrected chi connectivity index (χ2v) is 8.19. The highest BCUT2D eigenvalue weighted by molar-refractivity contribution is 6.23. The molecule has 0 radical (unpaired) electrons. The molecule has 3 amide bonds. The Morgan fingerprint density at radius 1 is 0.933 bits per heavy atom. The van der Waals surface area contributed by atoms with Crippen LogP contribution in [0.5, 0.6) is 0 Å². The first kappa shape index (κ1) is 20.3. The maximum atomic E-state index is 13.2. The Hall–Kier alpha value is -2.99. The molecule has 2 fully saturated rings. The van der Waals surface area contributed by atoms with Gasteiger partial charge in [-0.2, -0.15) is 0 Å². The smallest absolute Gasteiger partial charge is 0.251 e. The summed E-state index contributed by atoms with van der Waals surface area (Å²) in [6, 6.07) is 14.8. The van der Waals surface area contributed by atoms with Gasteiger partial charge in [-0.3, -0.25) is 19.3 Å². The van der Waals surface area contributed by atoms with Crippen LogP contribution in [0.1, 0.15) is 30.4 Å². The Morgan fingerprint density at radius 3 is 2.20 bits per heavy atom. The summed E-state index contributed by atoms with van der Waals surface area (Å²) >= 11 is 0. The molecule has 2 aromatic rings. The highest BCUT2D eigenvalue weighted by Gasteiger charge is 2.44. The summed E-state index contributed by atoms with van der Waals surface area (Å²) in [7, 11) is 0. The fourth-order valence-electron chi connectivity index (χ4n) is 4.53. The van der Waals surface area contributed by atoms with Crippen LogP contribution in [0.3, 0.4) is 0 Å². The van der Waals surface area contributed by atoms with Crippen molar-refractivity contribution in [2.45, 2.75) is 39.2 Å². The van der Waals surface area contributed by atoms with Gasteiger partial charge < -0.3 is 5.32 Å². The zero-order valence-corrected chi connectivity index (χ0v) is 17.4. The molecule has 1 unspecified atom stereocenters. The van der Waals surface area contributed by atoms with E-state index in [-0.39, 0.29) is 30.1 Å². The number of nitrogens with one attached hydrogen (secondary N) is 1. The zero-order valence-electron chi connectivity index (χ0n) is 17.4. The van der Waals surface area contributed by atoms with E-state index >= 15 is 0 Å². The zero-order chi connectivity index (χ0) is 21.3. The van der Waals surface area contributed by atoms with Crippen molar-refractivity contribution < 1.29 is 14.4 Å². The molecule has 0 saturated carbocycles. The van der Waals surface area contributed by atoms with Crippen LogP contribution in [-0.2, 0) is 14.4 Å². The van der Waals surface area contributed by atoms with Gasteiger partial charge in [0, 0.05) is 11.6 Å². The Balaban J connectivity index is 1.40. The van der Waals surface area contributed by atoms with Gasteiger partial charge in [0.2, 0.25) is 11.8 Å². The Bertz CT molecular complexity index is 945. The number of para-hydroxylation sites is 2. The summed E-state index contributed by atoms with van der Waals surface area (Å²) in [6.07, 6.45) is 1.56. The van der Waals surface area contributed by atoms with Crippen molar-refractivity contribution in [3.8, 4) is 0 Å². The van der Waals surface area contributed by atoms with E-state index in [0.29, 0.717) is 31.6 Å². The topological polar surface area (TPSA) is 69.7 Å². The van der Waals surface area contributed by atoms with Gasteiger partial charge in [-0.25, -0.2) is 4.90 Å². The third-order valence-corrected chi connectivity index (χ3v) is 6.17. The van der Waals surface area contributed by atoms with Crippen LogP contribution >= 0.6 is 0 Å². The first-order valence-electron chi connectivity index (χ1n) is 10.5. The minimum Gasteiger partial charge on any atom is -0.326 e. The molecule has 0 bridgehead atoms. The van der Waals surface area contributed by atoms with Gasteiger partial charge in [0.15, 0.2) is 0 Å². The molecule has 6 heteroatoms. The average molecular weight is 405 g/mol. The number of imide groups is 1. The molecule has 2 aliphatic rings. The van der Waals surface area contributed by atoms with Crippen molar-refractivity contribution >= 4 is 29.1 Å². The van der Waals surface area contributed by atoms with Crippen molar-refractivity contribution in [1.29, 1.82) is 0 Å². The lowest BCUT2D eigenvalue weighted by atomic mass is 9.94. The largest absolute Gasteiger partial charge is 0.326 e. The highest BCUT2D eigenvalue weighted by Crippen LogP contribution is 2.32. The van der Waals surface area contributed by atoms with Gasteiger partial charge in [-0.15, -0.1) is 0 Å². The normalized spacial score (nSPS) is 20.6. The number of hydrogen-bond acceptors (Lipinski definition) is 4. The standard InChI is InChI=1S/C24H27N3O3/c1-16-7-6-8-17(2)22(16)27-21(28)15-20(24(27)30)26-13-11-18(12-14-26)23(29)25-19-9-4-3-5-10-19/h3-10,18,20H,11-15H2,1-2H3,(H,25,29). The van der Waals surface area contributed by atoms with Crippen LogP contribution in [0.4, 0.5) is 11.4 Å². The van der Waals surface area contributed by atoms with E-state index in [0.717, 1.165) is 16.8 Å². The van der Waals surface area contributed by atoms with E-state index in [2.05, 4.69) is 10.2 Å². The number of carbonyl (C=O) groups excluding carboxylic acids is 3. The quantitative estimate of drug-likeness (QED) is 0.793. The molecule has 2 saturated heterocycles. The van der Waals surface area contributed by atoms with Crippen LogP contribution < -0.4 is 10.2 Å². The lowest BCUT2D eigenvalue weighted by molar-refractivity contribution is -0.123. The second-order valence-electron chi connectivity index (χ2n) is 8.19. The van der Waals surface area contributed by atoms with Crippen LogP contribution in [0, 0.1) is 19.8 Å². The van der Waals surface area contributed by atoms with Gasteiger partial charge in [-0.05, 0) is 63.0 Å². The highest BCUT2D eigenvalue weighted by atomic mass is 16.2. The van der Waals surface area contributed by atoms with Gasteiger partial charge >= 0.3 is 0 Å². The fourth-order valence-corrected chi connectivity index (χ4v) is 4.53. The minimum atomic E-state index is -0.436. The van der Waals surface area contributed by atoms with Crippen LogP contribution in [0.25, 0.3) is 0 Å². The van der Waals surface area contributed by atoms with Crippen LogP contribution in [0.15, 0.2) is 48.5 Å². The summed E-state index contributed by atoms with van der Waals surface area (Å²) in [5.41, 5.74) is 3.36. The Labute approximate surface area is 176 Å².